The van der Waals surface area contributed by atoms with Crippen LogP contribution < -0.4 is 10.5 Å². The summed E-state index contributed by atoms with van der Waals surface area (Å²) in [5.74, 6) is 0.267. The standard InChI is InChI=1S/C11H15N5O4/c1-19-10-8-9(14-11(12)15-10)16(4-13-8)7-2-5(18)6(3-17)20-7/h4-7,17-18H,2-3H2,1H3,(H2,12,14,15)/t5-,6+,7+/m0/s1/i3T/t3?,5-,6+,7+. The van der Waals surface area contributed by atoms with E-state index in [9.17, 15) is 10.2 Å². The molecule has 0 bridgehead atoms. The molecule has 4 N–H and O–H groups in total. The summed E-state index contributed by atoms with van der Waals surface area (Å²) in [6, 6.07) is 0. The lowest BCUT2D eigenvalue weighted by molar-refractivity contribution is -0.0432. The van der Waals surface area contributed by atoms with Crippen LogP contribution in [-0.2, 0) is 4.74 Å². The third kappa shape index (κ3) is 1.96. The van der Waals surface area contributed by atoms with E-state index in [2.05, 4.69) is 15.0 Å². The van der Waals surface area contributed by atoms with E-state index in [-0.39, 0.29) is 18.2 Å². The minimum atomic E-state index is -1.52. The lowest BCUT2D eigenvalue weighted by Gasteiger charge is -2.13. The number of hydrogen-bond donors (Lipinski definition) is 3. The molecule has 1 aliphatic rings. The summed E-state index contributed by atoms with van der Waals surface area (Å²) in [5, 5.41) is 19.1. The van der Waals surface area contributed by atoms with Gasteiger partial charge in [-0.05, 0) is 0 Å². The van der Waals surface area contributed by atoms with E-state index in [0.717, 1.165) is 0 Å². The Hall–Kier alpha value is -1.97. The maximum atomic E-state index is 9.84. The Morgan fingerprint density at radius 2 is 2.45 bits per heavy atom. The SMILES string of the molecule is [3H]C(O)[C@H]1O[C@@H](n2cnc3c(OC)nc(N)nc32)C[C@@H]1O. The first kappa shape index (κ1) is 11.8. The highest BCUT2D eigenvalue weighted by molar-refractivity contribution is 5.77. The van der Waals surface area contributed by atoms with Gasteiger partial charge in [0.25, 0.3) is 0 Å². The van der Waals surface area contributed by atoms with E-state index in [0.29, 0.717) is 11.2 Å². The number of aromatic nitrogens is 4. The number of imidazole rings is 1. The first-order valence-corrected chi connectivity index (χ1v) is 5.99. The Bertz CT molecular complexity index is 663. The van der Waals surface area contributed by atoms with Crippen LogP contribution in [-0.4, -0.2) is 55.6 Å². The van der Waals surface area contributed by atoms with Gasteiger partial charge in [0.1, 0.15) is 12.3 Å². The van der Waals surface area contributed by atoms with E-state index >= 15 is 0 Å². The lowest BCUT2D eigenvalue weighted by Crippen LogP contribution is -2.24. The zero-order valence-electron chi connectivity index (χ0n) is 11.7. The summed E-state index contributed by atoms with van der Waals surface area (Å²) < 4.78 is 19.4. The summed E-state index contributed by atoms with van der Waals surface area (Å²) in [7, 11) is 1.45. The number of aliphatic hydroxyl groups excluding tert-OH is 2. The van der Waals surface area contributed by atoms with Crippen molar-refractivity contribution in [2.24, 2.45) is 0 Å². The van der Waals surface area contributed by atoms with E-state index in [4.69, 9.17) is 16.6 Å². The van der Waals surface area contributed by atoms with Gasteiger partial charge in [-0.2, -0.15) is 9.97 Å². The molecular formula is C11H15N5O4. The second kappa shape index (κ2) is 4.85. The average molecular weight is 283 g/mol. The van der Waals surface area contributed by atoms with Gasteiger partial charge in [-0.25, -0.2) is 4.98 Å². The fourth-order valence-electron chi connectivity index (χ4n) is 2.24. The van der Waals surface area contributed by atoms with Crippen LogP contribution in [0.15, 0.2) is 6.33 Å². The van der Waals surface area contributed by atoms with Gasteiger partial charge in [0.2, 0.25) is 11.8 Å². The molecule has 1 aliphatic heterocycles. The molecule has 1 unspecified atom stereocenters. The molecule has 0 radical (unpaired) electrons. The second-order valence-electron chi connectivity index (χ2n) is 4.42. The topological polar surface area (TPSA) is 129 Å². The second-order valence-corrected chi connectivity index (χ2v) is 4.42. The van der Waals surface area contributed by atoms with Crippen LogP contribution in [0.2, 0.25) is 0 Å². The van der Waals surface area contributed by atoms with Crippen molar-refractivity contribution < 1.29 is 21.1 Å². The number of fused-ring (bicyclic) bond motifs is 1. The maximum Gasteiger partial charge on any atom is 0.246 e. The first-order valence-electron chi connectivity index (χ1n) is 6.57. The van der Waals surface area contributed by atoms with Gasteiger partial charge in [0.15, 0.2) is 11.2 Å². The number of nitrogens with two attached hydrogens (primary N) is 1. The highest BCUT2D eigenvalue weighted by atomic mass is 16.5. The monoisotopic (exact) mass is 283 g/mol. The lowest BCUT2D eigenvalue weighted by atomic mass is 10.2. The summed E-state index contributed by atoms with van der Waals surface area (Å²) in [6.07, 6.45) is -0.848. The molecule has 3 heterocycles. The van der Waals surface area contributed by atoms with Crippen LogP contribution in [0.1, 0.15) is 14.0 Å². The van der Waals surface area contributed by atoms with Gasteiger partial charge in [0.05, 0.1) is 27.5 Å². The third-order valence-electron chi connectivity index (χ3n) is 3.19. The van der Waals surface area contributed by atoms with Crippen LogP contribution in [0, 0.1) is 0 Å². The Morgan fingerprint density at radius 3 is 3.10 bits per heavy atom. The minimum absolute atomic E-state index is 0.0247. The van der Waals surface area contributed by atoms with Crippen molar-refractivity contribution in [3.05, 3.63) is 6.33 Å². The van der Waals surface area contributed by atoms with Gasteiger partial charge in [0, 0.05) is 6.42 Å². The maximum absolute atomic E-state index is 9.84. The molecule has 4 atom stereocenters. The molecule has 1 saturated heterocycles. The van der Waals surface area contributed by atoms with E-state index in [1.165, 1.54) is 13.4 Å². The largest absolute Gasteiger partial charge is 0.479 e. The number of nitrogens with zero attached hydrogens (tertiary/aromatic N) is 4. The molecule has 1 fully saturated rings. The van der Waals surface area contributed by atoms with Gasteiger partial charge >= 0.3 is 0 Å². The molecule has 9 heteroatoms. The molecule has 0 spiro atoms. The summed E-state index contributed by atoms with van der Waals surface area (Å²) in [6.45, 7) is -1.52. The highest BCUT2D eigenvalue weighted by Crippen LogP contribution is 2.32. The molecule has 9 nitrogen and oxygen atoms in total. The normalized spacial score (nSPS) is 28.6. The van der Waals surface area contributed by atoms with E-state index in [1.807, 2.05) is 0 Å². The van der Waals surface area contributed by atoms with Crippen molar-refractivity contribution in [1.29, 1.82) is 0 Å². The molecule has 108 valence electrons. The molecule has 0 aliphatic carbocycles. The molecule has 20 heavy (non-hydrogen) atoms. The van der Waals surface area contributed by atoms with Crippen LogP contribution in [0.4, 0.5) is 5.95 Å². The van der Waals surface area contributed by atoms with E-state index < -0.39 is 25.0 Å². The van der Waals surface area contributed by atoms with Gasteiger partial charge in [-0.15, -0.1) is 0 Å². The Labute approximate surface area is 115 Å². The summed E-state index contributed by atoms with van der Waals surface area (Å²) >= 11 is 0. The van der Waals surface area contributed by atoms with Crippen molar-refractivity contribution in [2.45, 2.75) is 24.9 Å². The molecular weight excluding hydrogens is 266 g/mol. The van der Waals surface area contributed by atoms with Gasteiger partial charge < -0.3 is 25.4 Å². The zero-order valence-corrected chi connectivity index (χ0v) is 10.7. The number of methoxy groups -OCH3 is 1. The molecule has 2 aromatic rings. The number of ether oxygens (including phenoxy) is 2. The van der Waals surface area contributed by atoms with Crippen molar-refractivity contribution in [3.8, 4) is 5.88 Å². The highest BCUT2D eigenvalue weighted by Gasteiger charge is 2.35. The average Bonchev–Trinajstić information content (AvgIpc) is 3.01. The third-order valence-corrected chi connectivity index (χ3v) is 3.19. The summed E-state index contributed by atoms with van der Waals surface area (Å²) in [4.78, 5) is 12.2. The Morgan fingerprint density at radius 1 is 1.65 bits per heavy atom. The smallest absolute Gasteiger partial charge is 0.246 e. The minimum Gasteiger partial charge on any atom is -0.479 e. The number of rotatable bonds is 3. The van der Waals surface area contributed by atoms with Crippen LogP contribution in [0.5, 0.6) is 5.88 Å². The Balaban J connectivity index is 2.00. The van der Waals surface area contributed by atoms with Crippen molar-refractivity contribution in [1.82, 2.24) is 19.5 Å². The van der Waals surface area contributed by atoms with Crippen molar-refractivity contribution in [3.63, 3.8) is 0 Å². The fourth-order valence-corrected chi connectivity index (χ4v) is 2.24. The summed E-state index contributed by atoms with van der Waals surface area (Å²) in [5.41, 5.74) is 6.44. The molecule has 0 saturated carbocycles. The van der Waals surface area contributed by atoms with Crippen LogP contribution in [0.3, 0.4) is 0 Å². The van der Waals surface area contributed by atoms with Gasteiger partial charge in [-0.1, -0.05) is 0 Å². The number of hydrogen-bond acceptors (Lipinski definition) is 8. The van der Waals surface area contributed by atoms with Crippen LogP contribution >= 0.6 is 0 Å². The zero-order chi connectivity index (χ0) is 15.1. The predicted molar refractivity (Wildman–Crippen MR) is 67.9 cm³/mol. The van der Waals surface area contributed by atoms with Gasteiger partial charge in [-0.3, -0.25) is 4.57 Å². The number of nitrogen functional groups attached to an aromatic ring is 1. The van der Waals surface area contributed by atoms with E-state index in [1.54, 1.807) is 4.57 Å². The van der Waals surface area contributed by atoms with Crippen LogP contribution in [0.25, 0.3) is 11.2 Å². The fraction of sp³-hybridized carbons (Fsp3) is 0.545. The molecule has 0 amide bonds. The number of aliphatic hydroxyl groups is 2. The van der Waals surface area contributed by atoms with Crippen molar-refractivity contribution in [2.75, 3.05) is 19.4 Å². The predicted octanol–water partition coefficient (Wildman–Crippen LogP) is -0.942. The number of anilines is 1. The molecule has 2 aromatic heterocycles. The Kier molecular flexibility index (Phi) is 2.87. The quantitative estimate of drug-likeness (QED) is 0.658. The molecule has 0 aromatic carbocycles. The molecule has 3 rings (SSSR count). The first-order chi connectivity index (χ1) is 10.0. The van der Waals surface area contributed by atoms with Crippen molar-refractivity contribution >= 4 is 17.1 Å².